The van der Waals surface area contributed by atoms with Crippen LogP contribution >= 0.6 is 0 Å². The van der Waals surface area contributed by atoms with Gasteiger partial charge in [-0.05, 0) is 23.3 Å². The molecule has 0 saturated heterocycles. The third-order valence-electron chi connectivity index (χ3n) is 2.94. The quantitative estimate of drug-likeness (QED) is 0.337. The number of benzene rings is 2. The van der Waals surface area contributed by atoms with E-state index in [1.54, 1.807) is 24.3 Å². The van der Waals surface area contributed by atoms with Crippen LogP contribution in [0.3, 0.4) is 0 Å². The first-order valence-corrected chi connectivity index (χ1v) is 6.82. The summed E-state index contributed by atoms with van der Waals surface area (Å²) in [4.78, 5) is 10.2. The van der Waals surface area contributed by atoms with Gasteiger partial charge in [-0.15, -0.1) is 0 Å². The Kier molecular flexibility index (Phi) is 5.68. The van der Waals surface area contributed by atoms with Gasteiger partial charge < -0.3 is 9.47 Å². The van der Waals surface area contributed by atoms with Crippen LogP contribution in [0.5, 0.6) is 5.75 Å². The van der Waals surface area contributed by atoms with Gasteiger partial charge >= 0.3 is 0 Å². The highest BCUT2D eigenvalue weighted by molar-refractivity contribution is 5.52. The van der Waals surface area contributed by atoms with Crippen LogP contribution in [0.15, 0.2) is 60.3 Å². The molecular formula is C17H17NO4. The van der Waals surface area contributed by atoms with E-state index in [1.165, 1.54) is 13.0 Å². The summed E-state index contributed by atoms with van der Waals surface area (Å²) in [6.45, 7) is 2.05. The number of hydrogen-bond acceptors (Lipinski definition) is 4. The van der Waals surface area contributed by atoms with Crippen molar-refractivity contribution in [2.45, 2.75) is 13.5 Å². The second-order valence-electron chi connectivity index (χ2n) is 4.71. The molecule has 0 aromatic heterocycles. The van der Waals surface area contributed by atoms with E-state index < -0.39 is 4.92 Å². The topological polar surface area (TPSA) is 61.6 Å². The Morgan fingerprint density at radius 1 is 1.18 bits per heavy atom. The van der Waals surface area contributed by atoms with Crippen molar-refractivity contribution in [1.29, 1.82) is 0 Å². The SMILES string of the molecule is CC(=Cc1cccc(OCOCc2ccccc2)c1)[N+](=O)[O-]. The monoisotopic (exact) mass is 299 g/mol. The van der Waals surface area contributed by atoms with E-state index in [-0.39, 0.29) is 12.5 Å². The van der Waals surface area contributed by atoms with Gasteiger partial charge in [-0.3, -0.25) is 10.1 Å². The smallest absolute Gasteiger partial charge is 0.243 e. The van der Waals surface area contributed by atoms with Crippen LogP contribution in [0.25, 0.3) is 6.08 Å². The van der Waals surface area contributed by atoms with E-state index in [4.69, 9.17) is 9.47 Å². The Hall–Kier alpha value is -2.66. The number of nitro groups is 1. The molecule has 0 unspecified atom stereocenters. The molecule has 0 aliphatic carbocycles. The van der Waals surface area contributed by atoms with Crippen LogP contribution in [0.2, 0.25) is 0 Å². The zero-order valence-corrected chi connectivity index (χ0v) is 12.3. The van der Waals surface area contributed by atoms with Crippen LogP contribution in [0.4, 0.5) is 0 Å². The Morgan fingerprint density at radius 2 is 1.95 bits per heavy atom. The molecule has 0 fully saturated rings. The third kappa shape index (κ3) is 5.03. The van der Waals surface area contributed by atoms with Gasteiger partial charge in [0.05, 0.1) is 11.5 Å². The normalized spacial score (nSPS) is 11.2. The lowest BCUT2D eigenvalue weighted by Gasteiger charge is -2.08. The lowest BCUT2D eigenvalue weighted by Crippen LogP contribution is -2.03. The van der Waals surface area contributed by atoms with Crippen molar-refractivity contribution in [1.82, 2.24) is 0 Å². The molecule has 2 aromatic carbocycles. The van der Waals surface area contributed by atoms with Gasteiger partial charge in [0.25, 0.3) is 0 Å². The Morgan fingerprint density at radius 3 is 2.68 bits per heavy atom. The lowest BCUT2D eigenvalue weighted by molar-refractivity contribution is -0.422. The maximum Gasteiger partial charge on any atom is 0.243 e. The van der Waals surface area contributed by atoms with Gasteiger partial charge in [0.1, 0.15) is 5.75 Å². The molecule has 0 spiro atoms. The summed E-state index contributed by atoms with van der Waals surface area (Å²) in [5.74, 6) is 0.609. The molecule has 0 bridgehead atoms. The van der Waals surface area contributed by atoms with Crippen LogP contribution in [-0.2, 0) is 11.3 Å². The number of hydrogen-bond donors (Lipinski definition) is 0. The fourth-order valence-corrected chi connectivity index (χ4v) is 1.83. The lowest BCUT2D eigenvalue weighted by atomic mass is 10.2. The van der Waals surface area contributed by atoms with E-state index in [0.717, 1.165) is 11.1 Å². The minimum absolute atomic E-state index is 0.0810. The molecule has 0 saturated carbocycles. The first-order valence-electron chi connectivity index (χ1n) is 6.82. The van der Waals surface area contributed by atoms with Crippen molar-refractivity contribution < 1.29 is 14.4 Å². The van der Waals surface area contributed by atoms with Crippen LogP contribution in [0, 0.1) is 10.1 Å². The minimum atomic E-state index is -0.420. The molecule has 2 rings (SSSR count). The largest absolute Gasteiger partial charge is 0.468 e. The second kappa shape index (κ2) is 7.95. The average molecular weight is 299 g/mol. The number of rotatable bonds is 7. The minimum Gasteiger partial charge on any atom is -0.468 e. The number of nitrogens with zero attached hydrogens (tertiary/aromatic N) is 1. The van der Waals surface area contributed by atoms with Gasteiger partial charge in [-0.2, -0.15) is 0 Å². The van der Waals surface area contributed by atoms with Gasteiger partial charge in [0.15, 0.2) is 6.79 Å². The predicted molar refractivity (Wildman–Crippen MR) is 83.8 cm³/mol. The summed E-state index contributed by atoms with van der Waals surface area (Å²) in [5.41, 5.74) is 1.87. The van der Waals surface area contributed by atoms with Gasteiger partial charge in [-0.1, -0.05) is 42.5 Å². The molecule has 22 heavy (non-hydrogen) atoms. The summed E-state index contributed by atoms with van der Waals surface area (Å²) in [6, 6.07) is 16.9. The van der Waals surface area contributed by atoms with Crippen molar-refractivity contribution in [3.63, 3.8) is 0 Å². The molecule has 0 radical (unpaired) electrons. The summed E-state index contributed by atoms with van der Waals surface area (Å²) in [6.07, 6.45) is 1.50. The number of ether oxygens (including phenoxy) is 2. The van der Waals surface area contributed by atoms with Gasteiger partial charge in [0.2, 0.25) is 5.70 Å². The van der Waals surface area contributed by atoms with E-state index in [9.17, 15) is 10.1 Å². The number of allylic oxidation sites excluding steroid dienone is 1. The van der Waals surface area contributed by atoms with Gasteiger partial charge in [0, 0.05) is 13.0 Å². The fourth-order valence-electron chi connectivity index (χ4n) is 1.83. The standard InChI is InChI=1S/C17H17NO4/c1-14(18(19)20)10-16-8-5-9-17(11-16)22-13-21-12-15-6-3-2-4-7-15/h2-11H,12-13H2,1H3. The molecule has 114 valence electrons. The molecule has 0 aliphatic heterocycles. The van der Waals surface area contributed by atoms with E-state index in [1.807, 2.05) is 30.3 Å². The van der Waals surface area contributed by atoms with Crippen molar-refractivity contribution in [3.05, 3.63) is 81.5 Å². The Labute approximate surface area is 129 Å². The fraction of sp³-hybridized carbons (Fsp3) is 0.176. The van der Waals surface area contributed by atoms with E-state index in [0.29, 0.717) is 12.4 Å². The first-order chi connectivity index (χ1) is 10.6. The second-order valence-corrected chi connectivity index (χ2v) is 4.71. The van der Waals surface area contributed by atoms with E-state index in [2.05, 4.69) is 0 Å². The van der Waals surface area contributed by atoms with Gasteiger partial charge in [-0.25, -0.2) is 0 Å². The zero-order chi connectivity index (χ0) is 15.8. The average Bonchev–Trinajstić information content (AvgIpc) is 2.53. The van der Waals surface area contributed by atoms with Crippen molar-refractivity contribution in [2.24, 2.45) is 0 Å². The molecule has 0 amide bonds. The van der Waals surface area contributed by atoms with Crippen molar-refractivity contribution in [3.8, 4) is 5.75 Å². The van der Waals surface area contributed by atoms with Crippen LogP contribution < -0.4 is 4.74 Å². The summed E-state index contributed by atoms with van der Waals surface area (Å²) >= 11 is 0. The van der Waals surface area contributed by atoms with Crippen molar-refractivity contribution in [2.75, 3.05) is 6.79 Å². The highest BCUT2D eigenvalue weighted by Crippen LogP contribution is 2.16. The molecule has 0 aliphatic rings. The summed E-state index contributed by atoms with van der Waals surface area (Å²) in [5, 5.41) is 10.6. The molecular weight excluding hydrogens is 282 g/mol. The van der Waals surface area contributed by atoms with Crippen LogP contribution in [-0.4, -0.2) is 11.7 Å². The molecule has 2 aromatic rings. The molecule has 0 heterocycles. The maximum absolute atomic E-state index is 10.6. The summed E-state index contributed by atoms with van der Waals surface area (Å²) in [7, 11) is 0. The van der Waals surface area contributed by atoms with E-state index >= 15 is 0 Å². The Balaban J connectivity index is 1.86. The highest BCUT2D eigenvalue weighted by atomic mass is 16.7. The maximum atomic E-state index is 10.6. The highest BCUT2D eigenvalue weighted by Gasteiger charge is 2.03. The molecule has 0 N–H and O–H groups in total. The molecule has 0 atom stereocenters. The first kappa shape index (κ1) is 15.7. The Bertz CT molecular complexity index is 653. The zero-order valence-electron chi connectivity index (χ0n) is 12.3. The molecule has 5 nitrogen and oxygen atoms in total. The van der Waals surface area contributed by atoms with Crippen molar-refractivity contribution >= 4 is 6.08 Å². The third-order valence-corrected chi connectivity index (χ3v) is 2.94. The predicted octanol–water partition coefficient (Wildman–Crippen LogP) is 3.88. The van der Waals surface area contributed by atoms with Crippen LogP contribution in [0.1, 0.15) is 18.1 Å². The molecule has 5 heteroatoms. The summed E-state index contributed by atoms with van der Waals surface area (Å²) < 4.78 is 10.9.